The normalized spacial score (nSPS) is 19.2. The van der Waals surface area contributed by atoms with Gasteiger partial charge in [0.1, 0.15) is 6.04 Å². The third-order valence-electron chi connectivity index (χ3n) is 7.52. The maximum absolute atomic E-state index is 13.7. The van der Waals surface area contributed by atoms with E-state index >= 15 is 0 Å². The van der Waals surface area contributed by atoms with E-state index in [4.69, 9.17) is 5.73 Å². The smallest absolute Gasteiger partial charge is 0.264 e. The Hall–Kier alpha value is -2.92. The molecule has 0 aromatic heterocycles. The average Bonchev–Trinajstić information content (AvgIpc) is 2.88. The fraction of sp³-hybridized carbons (Fsp3) is 0.607. The topological polar surface area (TPSA) is 142 Å². The number of likely N-dealkylation sites (tertiary alicyclic amines) is 1. The molecular weight excluding hydrogens is 518 g/mol. The van der Waals surface area contributed by atoms with Crippen LogP contribution >= 0.6 is 0 Å². The Morgan fingerprint density at radius 2 is 1.77 bits per heavy atom. The minimum atomic E-state index is -4.10. The van der Waals surface area contributed by atoms with Crippen LogP contribution in [0.2, 0.25) is 0 Å². The van der Waals surface area contributed by atoms with Gasteiger partial charge < -0.3 is 16.0 Å². The lowest BCUT2D eigenvalue weighted by molar-refractivity contribution is -0.140. The van der Waals surface area contributed by atoms with Crippen LogP contribution in [0.1, 0.15) is 60.3 Å². The van der Waals surface area contributed by atoms with Gasteiger partial charge in [-0.15, -0.1) is 0 Å². The molecule has 0 saturated carbocycles. The van der Waals surface area contributed by atoms with Gasteiger partial charge in [0.25, 0.3) is 15.9 Å². The van der Waals surface area contributed by atoms with Crippen molar-refractivity contribution in [3.05, 3.63) is 35.9 Å². The predicted molar refractivity (Wildman–Crippen MR) is 153 cm³/mol. The molecule has 0 aliphatic carbocycles. The van der Waals surface area contributed by atoms with E-state index in [-0.39, 0.29) is 40.2 Å². The number of nitrogens with two attached hydrogens (primary N) is 1. The standard InChI is InChI=1S/C28H45N5O5S/c1-8-19(4)25(30-27(35)23-11-9-10-16-32(23)6)28(36)33(7)24(18(2)3)17-20(5)26(34)31-39(37,38)22-14-12-21(29)13-15-22/h12-15,17-19,23-25H,8-11,16,29H2,1-7H3,(H,30,35)(H,31,34)/b20-17+/t19-,23+,24+,25?/m0/s1. The van der Waals surface area contributed by atoms with Crippen LogP contribution in [0.15, 0.2) is 40.8 Å². The van der Waals surface area contributed by atoms with E-state index in [1.807, 2.05) is 39.6 Å². The number of piperidine rings is 1. The molecule has 11 heteroatoms. The molecule has 1 saturated heterocycles. The molecule has 4 N–H and O–H groups in total. The van der Waals surface area contributed by atoms with E-state index in [1.165, 1.54) is 36.1 Å². The van der Waals surface area contributed by atoms with Crippen LogP contribution in [0.3, 0.4) is 0 Å². The van der Waals surface area contributed by atoms with Crippen molar-refractivity contribution in [1.29, 1.82) is 0 Å². The fourth-order valence-electron chi connectivity index (χ4n) is 4.70. The Bertz CT molecular complexity index is 1150. The van der Waals surface area contributed by atoms with Crippen LogP contribution in [-0.4, -0.2) is 74.7 Å². The molecule has 0 spiro atoms. The van der Waals surface area contributed by atoms with E-state index in [0.717, 1.165) is 25.8 Å². The summed E-state index contributed by atoms with van der Waals surface area (Å²) in [5, 5.41) is 3.01. The first-order valence-electron chi connectivity index (χ1n) is 13.6. The number of hydrogen-bond donors (Lipinski definition) is 3. The van der Waals surface area contributed by atoms with Crippen molar-refractivity contribution in [2.24, 2.45) is 11.8 Å². The SMILES string of the molecule is CC[C@H](C)C(NC(=O)[C@H]1CCCCN1C)C(=O)N(C)[C@H](/C=C(\C)C(=O)NS(=O)(=O)c1ccc(N)cc1)C(C)C. The van der Waals surface area contributed by atoms with Gasteiger partial charge in [-0.05, 0) is 69.5 Å². The van der Waals surface area contributed by atoms with Gasteiger partial charge >= 0.3 is 0 Å². The van der Waals surface area contributed by atoms with Crippen molar-refractivity contribution in [3.63, 3.8) is 0 Å². The largest absolute Gasteiger partial charge is 0.399 e. The Morgan fingerprint density at radius 3 is 2.31 bits per heavy atom. The Balaban J connectivity index is 2.23. The van der Waals surface area contributed by atoms with Crippen LogP contribution in [0.25, 0.3) is 0 Å². The zero-order valence-corrected chi connectivity index (χ0v) is 25.0. The van der Waals surface area contributed by atoms with Crippen molar-refractivity contribution >= 4 is 33.4 Å². The highest BCUT2D eigenvalue weighted by Crippen LogP contribution is 2.20. The number of carbonyl (C=O) groups is 3. The number of anilines is 1. The second-order valence-corrected chi connectivity index (χ2v) is 12.6. The molecule has 4 atom stereocenters. The van der Waals surface area contributed by atoms with E-state index in [1.54, 1.807) is 13.1 Å². The number of rotatable bonds is 11. The molecular formula is C28H45N5O5S. The molecule has 1 unspecified atom stereocenters. The van der Waals surface area contributed by atoms with E-state index in [9.17, 15) is 22.8 Å². The number of nitrogens with zero attached hydrogens (tertiary/aromatic N) is 2. The van der Waals surface area contributed by atoms with Crippen LogP contribution in [0.5, 0.6) is 0 Å². The molecule has 1 heterocycles. The zero-order chi connectivity index (χ0) is 29.5. The number of nitrogens with one attached hydrogen (secondary N) is 2. The van der Waals surface area contributed by atoms with Gasteiger partial charge in [0.15, 0.2) is 0 Å². The summed E-state index contributed by atoms with van der Waals surface area (Å²) >= 11 is 0. The van der Waals surface area contributed by atoms with Crippen molar-refractivity contribution < 1.29 is 22.8 Å². The monoisotopic (exact) mass is 563 g/mol. The van der Waals surface area contributed by atoms with Crippen molar-refractivity contribution in [1.82, 2.24) is 19.8 Å². The first-order chi connectivity index (χ1) is 18.2. The second-order valence-electron chi connectivity index (χ2n) is 10.9. The molecule has 1 aliphatic rings. The predicted octanol–water partition coefficient (Wildman–Crippen LogP) is 2.52. The molecule has 10 nitrogen and oxygen atoms in total. The molecule has 3 amide bonds. The van der Waals surface area contributed by atoms with Crippen LogP contribution in [-0.2, 0) is 24.4 Å². The summed E-state index contributed by atoms with van der Waals surface area (Å²) in [6, 6.07) is 4.02. The number of sulfonamides is 1. The highest BCUT2D eigenvalue weighted by Gasteiger charge is 2.35. The summed E-state index contributed by atoms with van der Waals surface area (Å²) in [6.07, 6.45) is 5.07. The summed E-state index contributed by atoms with van der Waals surface area (Å²) in [7, 11) is -0.525. The third kappa shape index (κ3) is 8.53. The Morgan fingerprint density at radius 1 is 1.15 bits per heavy atom. The van der Waals surface area contributed by atoms with Crippen LogP contribution < -0.4 is 15.8 Å². The lowest BCUT2D eigenvalue weighted by atomic mass is 9.94. The van der Waals surface area contributed by atoms with Crippen molar-refractivity contribution in [3.8, 4) is 0 Å². The van der Waals surface area contributed by atoms with E-state index < -0.39 is 28.0 Å². The molecule has 1 aromatic rings. The van der Waals surface area contributed by atoms with Crippen LogP contribution in [0.4, 0.5) is 5.69 Å². The summed E-state index contributed by atoms with van der Waals surface area (Å²) in [5.74, 6) is -1.39. The molecule has 2 rings (SSSR count). The molecule has 1 fully saturated rings. The van der Waals surface area contributed by atoms with Crippen molar-refractivity contribution in [2.75, 3.05) is 26.4 Å². The lowest BCUT2D eigenvalue weighted by Crippen LogP contribution is -2.57. The minimum Gasteiger partial charge on any atom is -0.399 e. The molecule has 1 aliphatic heterocycles. The first kappa shape index (κ1) is 32.3. The first-order valence-corrected chi connectivity index (χ1v) is 15.1. The van der Waals surface area contributed by atoms with Gasteiger partial charge in [-0.25, -0.2) is 13.1 Å². The molecule has 218 valence electrons. The average molecular weight is 564 g/mol. The molecule has 0 radical (unpaired) electrons. The maximum atomic E-state index is 13.7. The minimum absolute atomic E-state index is 0.0821. The number of carbonyl (C=O) groups excluding carboxylic acids is 3. The molecule has 1 aromatic carbocycles. The third-order valence-corrected chi connectivity index (χ3v) is 8.87. The summed E-state index contributed by atoms with van der Waals surface area (Å²) < 4.78 is 27.4. The summed E-state index contributed by atoms with van der Waals surface area (Å²) in [4.78, 5) is 43.2. The van der Waals surface area contributed by atoms with Gasteiger partial charge in [0.05, 0.1) is 17.0 Å². The number of likely N-dealkylation sites (N-methyl/N-ethyl adjacent to an activating group) is 2. The van der Waals surface area contributed by atoms with Gasteiger partial charge in [0.2, 0.25) is 11.8 Å². The molecule has 39 heavy (non-hydrogen) atoms. The second kappa shape index (κ2) is 13.9. The van der Waals surface area contributed by atoms with Gasteiger partial charge in [-0.1, -0.05) is 46.6 Å². The highest BCUT2D eigenvalue weighted by atomic mass is 32.2. The highest BCUT2D eigenvalue weighted by molar-refractivity contribution is 7.90. The lowest BCUT2D eigenvalue weighted by Gasteiger charge is -2.36. The van der Waals surface area contributed by atoms with Gasteiger partial charge in [-0.3, -0.25) is 19.3 Å². The number of nitrogen functional groups attached to an aromatic ring is 1. The van der Waals surface area contributed by atoms with Gasteiger partial charge in [0, 0.05) is 18.3 Å². The van der Waals surface area contributed by atoms with Crippen molar-refractivity contribution in [2.45, 2.75) is 83.3 Å². The number of hydrogen-bond acceptors (Lipinski definition) is 7. The number of benzene rings is 1. The molecule has 0 bridgehead atoms. The van der Waals surface area contributed by atoms with E-state index in [2.05, 4.69) is 10.0 Å². The summed E-state index contributed by atoms with van der Waals surface area (Å²) in [5.41, 5.74) is 6.18. The number of amides is 3. The maximum Gasteiger partial charge on any atom is 0.264 e. The fourth-order valence-corrected chi connectivity index (χ4v) is 5.71. The van der Waals surface area contributed by atoms with Crippen LogP contribution in [0, 0.1) is 11.8 Å². The van der Waals surface area contributed by atoms with E-state index in [0.29, 0.717) is 12.1 Å². The quantitative estimate of drug-likeness (QED) is 0.277. The van der Waals surface area contributed by atoms with Gasteiger partial charge in [-0.2, -0.15) is 0 Å². The summed E-state index contributed by atoms with van der Waals surface area (Å²) in [6.45, 7) is 10.1. The Labute approximate surface area is 233 Å². The Kier molecular flexibility index (Phi) is 11.5. The zero-order valence-electron chi connectivity index (χ0n) is 24.2.